The van der Waals surface area contributed by atoms with Gasteiger partial charge in [0.25, 0.3) is 5.91 Å². The van der Waals surface area contributed by atoms with Crippen LogP contribution in [0.2, 0.25) is 0 Å². The van der Waals surface area contributed by atoms with Crippen LogP contribution < -0.4 is 19.8 Å². The van der Waals surface area contributed by atoms with Crippen LogP contribution in [0.5, 0.6) is 0 Å². The van der Waals surface area contributed by atoms with Crippen molar-refractivity contribution < 1.29 is 4.79 Å². The summed E-state index contributed by atoms with van der Waals surface area (Å²) in [7, 11) is 2.18. The molecule has 9 heteroatoms. The molecule has 1 amide bonds. The van der Waals surface area contributed by atoms with Gasteiger partial charge in [0.1, 0.15) is 0 Å². The lowest BCUT2D eigenvalue weighted by Gasteiger charge is -2.34. The molecule has 6 rings (SSSR count). The highest BCUT2D eigenvalue weighted by Crippen LogP contribution is 2.46. The van der Waals surface area contributed by atoms with E-state index in [4.69, 9.17) is 4.98 Å². The van der Waals surface area contributed by atoms with E-state index in [1.807, 2.05) is 24.4 Å². The predicted molar refractivity (Wildman–Crippen MR) is 165 cm³/mol. The van der Waals surface area contributed by atoms with Gasteiger partial charge in [-0.05, 0) is 80.7 Å². The average Bonchev–Trinajstić information content (AvgIpc) is 2.99. The zero-order chi connectivity index (χ0) is 27.5. The van der Waals surface area contributed by atoms with Crippen LogP contribution in [-0.2, 0) is 0 Å². The van der Waals surface area contributed by atoms with Gasteiger partial charge in [0.15, 0.2) is 0 Å². The second kappa shape index (κ2) is 12.1. The van der Waals surface area contributed by atoms with E-state index in [0.29, 0.717) is 11.5 Å². The van der Waals surface area contributed by atoms with E-state index in [1.54, 1.807) is 11.9 Å². The number of aromatic nitrogens is 2. The maximum Gasteiger partial charge on any atom is 0.251 e. The fraction of sp³-hybridized carbons (Fsp3) is 0.452. The Kier molecular flexibility index (Phi) is 8.11. The number of hydrogen-bond donors (Lipinski definition) is 2. The van der Waals surface area contributed by atoms with E-state index in [-0.39, 0.29) is 11.9 Å². The van der Waals surface area contributed by atoms with Crippen LogP contribution in [0.1, 0.15) is 55.8 Å². The highest BCUT2D eigenvalue weighted by Gasteiger charge is 2.27. The van der Waals surface area contributed by atoms with Gasteiger partial charge in [-0.15, -0.1) is 0 Å². The molecular weight excluding hydrogens is 518 g/mol. The number of anilines is 4. The van der Waals surface area contributed by atoms with Crippen LogP contribution in [-0.4, -0.2) is 66.6 Å². The summed E-state index contributed by atoms with van der Waals surface area (Å²) in [5.74, 6) is 0.590. The zero-order valence-electron chi connectivity index (χ0n) is 23.5. The van der Waals surface area contributed by atoms with Gasteiger partial charge in [-0.2, -0.15) is 0 Å². The fourth-order valence-electron chi connectivity index (χ4n) is 5.77. The molecule has 8 nitrogen and oxygen atoms in total. The molecule has 2 N–H and O–H groups in total. The second-order valence-electron chi connectivity index (χ2n) is 11.1. The normalized spacial score (nSPS) is 17.8. The molecule has 0 unspecified atom stereocenters. The number of rotatable bonds is 7. The first-order valence-electron chi connectivity index (χ1n) is 14.7. The molecule has 3 heterocycles. The average molecular weight is 558 g/mol. The van der Waals surface area contributed by atoms with Gasteiger partial charge < -0.3 is 24.7 Å². The van der Waals surface area contributed by atoms with Crippen molar-refractivity contribution in [2.24, 2.45) is 0 Å². The first kappa shape index (κ1) is 26.9. The SMILES string of the molecule is CCCN1Sc2cnc(Nc3ccc(N4CCN(C)CC4)cc3)nc2-c2ccc(C(=O)NC3CCCCC3)cc21. The number of benzene rings is 2. The molecule has 2 aliphatic heterocycles. The first-order valence-corrected chi connectivity index (χ1v) is 15.4. The summed E-state index contributed by atoms with van der Waals surface area (Å²) in [6, 6.07) is 14.8. The molecule has 3 aromatic rings. The van der Waals surface area contributed by atoms with Crippen molar-refractivity contribution in [3.05, 3.63) is 54.2 Å². The third kappa shape index (κ3) is 5.90. The van der Waals surface area contributed by atoms with Crippen LogP contribution in [0, 0.1) is 0 Å². The van der Waals surface area contributed by atoms with Crippen LogP contribution >= 0.6 is 11.9 Å². The Balaban J connectivity index is 1.21. The van der Waals surface area contributed by atoms with E-state index in [2.05, 4.69) is 68.0 Å². The third-order valence-corrected chi connectivity index (χ3v) is 9.20. The maximum atomic E-state index is 13.1. The molecule has 210 valence electrons. The van der Waals surface area contributed by atoms with E-state index in [0.717, 1.165) is 79.5 Å². The topological polar surface area (TPSA) is 76.6 Å². The molecule has 2 fully saturated rings. The maximum absolute atomic E-state index is 13.1. The highest BCUT2D eigenvalue weighted by molar-refractivity contribution is 8.00. The van der Waals surface area contributed by atoms with Crippen molar-refractivity contribution in [1.82, 2.24) is 20.2 Å². The minimum atomic E-state index is 0.0204. The minimum Gasteiger partial charge on any atom is -0.369 e. The monoisotopic (exact) mass is 557 g/mol. The largest absolute Gasteiger partial charge is 0.369 e. The summed E-state index contributed by atoms with van der Waals surface area (Å²) >= 11 is 1.65. The molecule has 1 saturated heterocycles. The van der Waals surface area contributed by atoms with Gasteiger partial charge in [0.2, 0.25) is 5.95 Å². The predicted octanol–water partition coefficient (Wildman–Crippen LogP) is 5.94. The van der Waals surface area contributed by atoms with Crippen molar-refractivity contribution in [2.45, 2.75) is 56.4 Å². The lowest BCUT2D eigenvalue weighted by Crippen LogP contribution is -2.44. The molecule has 1 saturated carbocycles. The molecule has 2 aromatic carbocycles. The molecule has 0 bridgehead atoms. The van der Waals surface area contributed by atoms with Gasteiger partial charge in [-0.3, -0.25) is 4.79 Å². The molecule has 40 heavy (non-hydrogen) atoms. The zero-order valence-corrected chi connectivity index (χ0v) is 24.3. The van der Waals surface area contributed by atoms with E-state index in [9.17, 15) is 4.79 Å². The molecule has 1 aromatic heterocycles. The minimum absolute atomic E-state index is 0.0204. The molecule has 0 radical (unpaired) electrons. The summed E-state index contributed by atoms with van der Waals surface area (Å²) in [4.78, 5) is 28.5. The number of nitrogens with zero attached hydrogens (tertiary/aromatic N) is 5. The number of nitrogens with one attached hydrogen (secondary N) is 2. The van der Waals surface area contributed by atoms with Crippen molar-refractivity contribution >= 4 is 40.9 Å². The van der Waals surface area contributed by atoms with Crippen LogP contribution in [0.3, 0.4) is 0 Å². The van der Waals surface area contributed by atoms with Gasteiger partial charge >= 0.3 is 0 Å². The molecule has 3 aliphatic rings. The Morgan fingerprint density at radius 2 is 1.80 bits per heavy atom. The smallest absolute Gasteiger partial charge is 0.251 e. The lowest BCUT2D eigenvalue weighted by atomic mass is 9.95. The highest BCUT2D eigenvalue weighted by atomic mass is 32.2. The van der Waals surface area contributed by atoms with Gasteiger partial charge in [0, 0.05) is 67.5 Å². The van der Waals surface area contributed by atoms with E-state index in [1.165, 1.54) is 24.9 Å². The Morgan fingerprint density at radius 3 is 2.55 bits per heavy atom. The number of amides is 1. The fourth-order valence-corrected chi connectivity index (χ4v) is 6.87. The van der Waals surface area contributed by atoms with Gasteiger partial charge in [0.05, 0.1) is 16.3 Å². The standard InChI is InChI=1S/C31H39N7OS/c1-3-15-38-27-20-22(30(39)33-23-7-5-4-6-8-23)9-14-26(27)29-28(40-38)21-32-31(35-29)34-24-10-12-25(13-11-24)37-18-16-36(2)17-19-37/h9-14,20-21,23H,3-8,15-19H2,1-2H3,(H,33,39)(H,32,34,35). The second-order valence-corrected chi connectivity index (χ2v) is 12.2. The van der Waals surface area contributed by atoms with Crippen LogP contribution in [0.25, 0.3) is 11.3 Å². The number of carbonyl (C=O) groups is 1. The number of piperazine rings is 1. The first-order chi connectivity index (χ1) is 19.6. The summed E-state index contributed by atoms with van der Waals surface area (Å²) in [6.07, 6.45) is 8.73. The van der Waals surface area contributed by atoms with Gasteiger partial charge in [-0.25, -0.2) is 9.97 Å². The molecule has 0 atom stereocenters. The van der Waals surface area contributed by atoms with E-state index >= 15 is 0 Å². The summed E-state index contributed by atoms with van der Waals surface area (Å²) in [5, 5.41) is 6.66. The van der Waals surface area contributed by atoms with Crippen molar-refractivity contribution in [1.29, 1.82) is 0 Å². The number of fused-ring (bicyclic) bond motifs is 3. The molecule has 1 aliphatic carbocycles. The number of carbonyl (C=O) groups excluding carboxylic acids is 1. The van der Waals surface area contributed by atoms with Gasteiger partial charge in [-0.1, -0.05) is 26.2 Å². The van der Waals surface area contributed by atoms with Crippen LogP contribution in [0.15, 0.2) is 53.6 Å². The number of likely N-dealkylation sites (N-methyl/N-ethyl adjacent to an activating group) is 1. The quantitative estimate of drug-likeness (QED) is 0.346. The number of hydrogen-bond acceptors (Lipinski definition) is 8. The van der Waals surface area contributed by atoms with Crippen LogP contribution in [0.4, 0.5) is 23.0 Å². The summed E-state index contributed by atoms with van der Waals surface area (Å²) in [5.41, 5.74) is 5.89. The Labute approximate surface area is 241 Å². The summed E-state index contributed by atoms with van der Waals surface area (Å²) < 4.78 is 2.27. The Hall–Kier alpha value is -3.30. The Morgan fingerprint density at radius 1 is 1.02 bits per heavy atom. The third-order valence-electron chi connectivity index (χ3n) is 8.11. The van der Waals surface area contributed by atoms with Crippen molar-refractivity contribution in [3.8, 4) is 11.3 Å². The van der Waals surface area contributed by atoms with E-state index < -0.39 is 0 Å². The van der Waals surface area contributed by atoms with Crippen molar-refractivity contribution in [2.75, 3.05) is 54.3 Å². The Bertz CT molecular complexity index is 1330. The summed E-state index contributed by atoms with van der Waals surface area (Å²) in [6.45, 7) is 7.33. The lowest BCUT2D eigenvalue weighted by molar-refractivity contribution is 0.0927. The molecule has 0 spiro atoms. The van der Waals surface area contributed by atoms with Crippen molar-refractivity contribution in [3.63, 3.8) is 0 Å². The molecular formula is C31H39N7OS.